The number of likely N-dealkylation sites (N-methyl/N-ethyl adjacent to an activating group) is 1. The summed E-state index contributed by atoms with van der Waals surface area (Å²) in [6.07, 6.45) is 2.52. The fourth-order valence-corrected chi connectivity index (χ4v) is 3.23. The maximum atomic E-state index is 5.20. The van der Waals surface area contributed by atoms with Crippen molar-refractivity contribution in [3.05, 3.63) is 40.5 Å². The molecule has 0 spiro atoms. The number of thiophene rings is 1. The van der Waals surface area contributed by atoms with E-state index in [2.05, 4.69) is 51.5 Å². The normalized spacial score (nSPS) is 12.7. The van der Waals surface area contributed by atoms with E-state index in [1.54, 1.807) is 23.0 Å². The van der Waals surface area contributed by atoms with E-state index in [1.165, 1.54) is 11.2 Å². The third-order valence-corrected chi connectivity index (χ3v) is 4.58. The molecule has 22 heavy (non-hydrogen) atoms. The van der Waals surface area contributed by atoms with Crippen LogP contribution in [0.1, 0.15) is 17.5 Å². The summed E-state index contributed by atoms with van der Waals surface area (Å²) in [5.41, 5.74) is 0.855. The molecular weight excluding hydrogens is 298 g/mol. The Morgan fingerprint density at radius 3 is 3.05 bits per heavy atom. The number of ether oxygens (including phenoxy) is 1. The molecular formula is C15H19N5OS. The summed E-state index contributed by atoms with van der Waals surface area (Å²) in [7, 11) is 3.74. The lowest BCUT2D eigenvalue weighted by Gasteiger charge is -2.27. The Labute approximate surface area is 133 Å². The second-order valence-corrected chi connectivity index (χ2v) is 6.29. The average molecular weight is 317 g/mol. The highest BCUT2D eigenvalue weighted by atomic mass is 32.1. The minimum Gasteiger partial charge on any atom is -0.378 e. The first kappa shape index (κ1) is 14.9. The lowest BCUT2D eigenvalue weighted by atomic mass is 10.2. The van der Waals surface area contributed by atoms with Crippen molar-refractivity contribution in [2.24, 2.45) is 0 Å². The molecule has 116 valence electrons. The highest BCUT2D eigenvalue weighted by Crippen LogP contribution is 2.20. The Kier molecular flexibility index (Phi) is 4.35. The third-order valence-electron chi connectivity index (χ3n) is 3.68. The van der Waals surface area contributed by atoms with E-state index in [0.717, 1.165) is 17.9 Å². The number of aromatic nitrogens is 4. The number of anilines is 1. The van der Waals surface area contributed by atoms with E-state index >= 15 is 0 Å². The van der Waals surface area contributed by atoms with Crippen LogP contribution < -0.4 is 4.90 Å². The summed E-state index contributed by atoms with van der Waals surface area (Å²) >= 11 is 1.79. The van der Waals surface area contributed by atoms with Gasteiger partial charge in [0.2, 0.25) is 0 Å². The molecule has 0 radical (unpaired) electrons. The molecule has 0 saturated heterocycles. The molecule has 0 saturated carbocycles. The minimum absolute atomic E-state index is 0.337. The maximum absolute atomic E-state index is 5.20. The highest BCUT2D eigenvalue weighted by Gasteiger charge is 2.17. The van der Waals surface area contributed by atoms with Gasteiger partial charge in [0.1, 0.15) is 12.1 Å². The van der Waals surface area contributed by atoms with E-state index in [4.69, 9.17) is 4.74 Å². The summed E-state index contributed by atoms with van der Waals surface area (Å²) in [5.74, 6) is 1.57. The SMILES string of the molecule is COCc1cc(N(C)C(C)Cc2cccs2)n2ncnc2n1. The Hall–Kier alpha value is -1.99. The Balaban J connectivity index is 1.91. The van der Waals surface area contributed by atoms with Gasteiger partial charge in [0.15, 0.2) is 0 Å². The zero-order valence-electron chi connectivity index (χ0n) is 12.9. The van der Waals surface area contributed by atoms with Crippen molar-refractivity contribution in [3.63, 3.8) is 0 Å². The van der Waals surface area contributed by atoms with Crippen molar-refractivity contribution in [2.75, 3.05) is 19.1 Å². The molecule has 1 atom stereocenters. The van der Waals surface area contributed by atoms with Gasteiger partial charge in [-0.05, 0) is 18.4 Å². The van der Waals surface area contributed by atoms with Crippen molar-refractivity contribution >= 4 is 22.9 Å². The van der Waals surface area contributed by atoms with Crippen molar-refractivity contribution in [3.8, 4) is 0 Å². The van der Waals surface area contributed by atoms with Crippen LogP contribution in [0.4, 0.5) is 5.82 Å². The lowest BCUT2D eigenvalue weighted by molar-refractivity contribution is 0.181. The number of methoxy groups -OCH3 is 1. The number of hydrogen-bond donors (Lipinski definition) is 0. The quantitative estimate of drug-likeness (QED) is 0.699. The van der Waals surface area contributed by atoms with Crippen molar-refractivity contribution in [1.29, 1.82) is 0 Å². The average Bonchev–Trinajstić information content (AvgIpc) is 3.17. The van der Waals surface area contributed by atoms with Gasteiger partial charge < -0.3 is 9.64 Å². The third kappa shape index (κ3) is 2.95. The Morgan fingerprint density at radius 2 is 2.32 bits per heavy atom. The molecule has 0 aromatic carbocycles. The van der Waals surface area contributed by atoms with Crippen LogP contribution in [0, 0.1) is 0 Å². The van der Waals surface area contributed by atoms with Gasteiger partial charge in [-0.1, -0.05) is 6.07 Å². The molecule has 3 aromatic rings. The summed E-state index contributed by atoms with van der Waals surface area (Å²) < 4.78 is 6.96. The van der Waals surface area contributed by atoms with Gasteiger partial charge >= 0.3 is 0 Å². The van der Waals surface area contributed by atoms with Crippen molar-refractivity contribution in [1.82, 2.24) is 19.6 Å². The van der Waals surface area contributed by atoms with Crippen LogP contribution >= 0.6 is 11.3 Å². The summed E-state index contributed by atoms with van der Waals surface area (Å²) in [6, 6.07) is 6.61. The summed E-state index contributed by atoms with van der Waals surface area (Å²) in [6.45, 7) is 2.67. The molecule has 0 fully saturated rings. The first-order valence-electron chi connectivity index (χ1n) is 7.13. The van der Waals surface area contributed by atoms with Crippen LogP contribution in [0.2, 0.25) is 0 Å². The van der Waals surface area contributed by atoms with Crippen LogP contribution in [0.5, 0.6) is 0 Å². The molecule has 0 amide bonds. The molecule has 0 aliphatic heterocycles. The monoisotopic (exact) mass is 317 g/mol. The van der Waals surface area contributed by atoms with Gasteiger partial charge in [-0.15, -0.1) is 11.3 Å². The van der Waals surface area contributed by atoms with Crippen LogP contribution in [0.3, 0.4) is 0 Å². The lowest BCUT2D eigenvalue weighted by Crippen LogP contribution is -2.32. The van der Waals surface area contributed by atoms with Gasteiger partial charge in [-0.2, -0.15) is 14.6 Å². The van der Waals surface area contributed by atoms with Crippen LogP contribution in [0.25, 0.3) is 5.78 Å². The number of rotatable bonds is 6. The first-order chi connectivity index (χ1) is 10.7. The predicted molar refractivity (Wildman–Crippen MR) is 87.4 cm³/mol. The molecule has 1 unspecified atom stereocenters. The van der Waals surface area contributed by atoms with E-state index in [9.17, 15) is 0 Å². The highest BCUT2D eigenvalue weighted by molar-refractivity contribution is 7.09. The van der Waals surface area contributed by atoms with E-state index < -0.39 is 0 Å². The zero-order valence-corrected chi connectivity index (χ0v) is 13.7. The fourth-order valence-electron chi connectivity index (χ4n) is 2.40. The minimum atomic E-state index is 0.337. The zero-order chi connectivity index (χ0) is 15.5. The first-order valence-corrected chi connectivity index (χ1v) is 8.01. The van der Waals surface area contributed by atoms with E-state index in [-0.39, 0.29) is 0 Å². The molecule has 3 aromatic heterocycles. The maximum Gasteiger partial charge on any atom is 0.254 e. The number of nitrogens with zero attached hydrogens (tertiary/aromatic N) is 5. The largest absolute Gasteiger partial charge is 0.378 e. The molecule has 0 aliphatic carbocycles. The molecule has 7 heteroatoms. The van der Waals surface area contributed by atoms with Gasteiger partial charge in [0.05, 0.1) is 12.3 Å². The second kappa shape index (κ2) is 6.41. The van der Waals surface area contributed by atoms with Crippen molar-refractivity contribution < 1.29 is 4.74 Å². The second-order valence-electron chi connectivity index (χ2n) is 5.25. The van der Waals surface area contributed by atoms with Gasteiger partial charge in [0, 0.05) is 37.6 Å². The van der Waals surface area contributed by atoms with Crippen LogP contribution in [0.15, 0.2) is 29.9 Å². The topological polar surface area (TPSA) is 55.6 Å². The standard InChI is InChI=1S/C15H19N5OS/c1-11(7-13-5-4-6-22-13)19(2)14-8-12(9-21-3)18-15-16-10-17-20(14)15/h4-6,8,10-11H,7,9H2,1-3H3. The summed E-state index contributed by atoms with van der Waals surface area (Å²) in [4.78, 5) is 12.2. The van der Waals surface area contributed by atoms with Crippen LogP contribution in [-0.4, -0.2) is 39.8 Å². The van der Waals surface area contributed by atoms with E-state index in [0.29, 0.717) is 18.4 Å². The van der Waals surface area contributed by atoms with E-state index in [1.807, 2.05) is 6.07 Å². The predicted octanol–water partition coefficient (Wildman–Crippen LogP) is 2.40. The van der Waals surface area contributed by atoms with Crippen LogP contribution in [-0.2, 0) is 17.8 Å². The Morgan fingerprint density at radius 1 is 1.45 bits per heavy atom. The molecule has 0 bridgehead atoms. The van der Waals surface area contributed by atoms with Gasteiger partial charge in [-0.25, -0.2) is 4.98 Å². The smallest absolute Gasteiger partial charge is 0.254 e. The molecule has 0 aliphatic rings. The number of hydrogen-bond acceptors (Lipinski definition) is 6. The van der Waals surface area contributed by atoms with Gasteiger partial charge in [-0.3, -0.25) is 0 Å². The molecule has 0 N–H and O–H groups in total. The fraction of sp³-hybridized carbons (Fsp3) is 0.400. The molecule has 3 heterocycles. The van der Waals surface area contributed by atoms with Crippen molar-refractivity contribution in [2.45, 2.75) is 26.0 Å². The Bertz CT molecular complexity index is 740. The summed E-state index contributed by atoms with van der Waals surface area (Å²) in [5, 5.41) is 6.40. The van der Waals surface area contributed by atoms with Gasteiger partial charge in [0.25, 0.3) is 5.78 Å². The molecule has 3 rings (SSSR count). The number of fused-ring (bicyclic) bond motifs is 1. The molecule has 6 nitrogen and oxygen atoms in total.